The number of nitrogens with zero attached hydrogens (tertiary/aromatic N) is 1. The van der Waals surface area contributed by atoms with E-state index in [4.69, 9.17) is 23.2 Å². The molecule has 1 aromatic carbocycles. The van der Waals surface area contributed by atoms with E-state index in [0.29, 0.717) is 41.8 Å². The van der Waals surface area contributed by atoms with Crippen molar-refractivity contribution in [1.82, 2.24) is 10.2 Å². The zero-order valence-corrected chi connectivity index (χ0v) is 12.2. The summed E-state index contributed by atoms with van der Waals surface area (Å²) in [6.07, 6.45) is -5.17. The Labute approximate surface area is 125 Å². The molecule has 0 aliphatic carbocycles. The molecule has 0 spiro atoms. The first-order chi connectivity index (χ1) is 9.37. The fraction of sp³-hybridized carbons (Fsp3) is 0.538. The Morgan fingerprint density at radius 2 is 1.85 bits per heavy atom. The molecular weight excluding hydrogens is 312 g/mol. The molecule has 20 heavy (non-hydrogen) atoms. The maximum Gasteiger partial charge on any atom is 0.390 e. The van der Waals surface area contributed by atoms with Crippen LogP contribution < -0.4 is 5.32 Å². The monoisotopic (exact) mass is 326 g/mol. The maximum atomic E-state index is 12.9. The number of hydrogen-bond donors (Lipinski definition) is 1. The highest BCUT2D eigenvalue weighted by atomic mass is 35.5. The van der Waals surface area contributed by atoms with Crippen molar-refractivity contribution in [3.8, 4) is 0 Å². The van der Waals surface area contributed by atoms with Crippen LogP contribution in [0.3, 0.4) is 0 Å². The van der Waals surface area contributed by atoms with E-state index in [-0.39, 0.29) is 0 Å². The SMILES string of the molecule is FC(F)(F)C[C@@H](c1cc(Cl)ccc1Cl)N1CCNCC1. The third-order valence-electron chi connectivity index (χ3n) is 3.33. The molecule has 1 aliphatic rings. The molecule has 2 nitrogen and oxygen atoms in total. The van der Waals surface area contributed by atoms with Crippen LogP contribution in [0.2, 0.25) is 10.0 Å². The topological polar surface area (TPSA) is 15.3 Å². The van der Waals surface area contributed by atoms with Gasteiger partial charge in [0, 0.05) is 42.3 Å². The summed E-state index contributed by atoms with van der Waals surface area (Å²) in [5.74, 6) is 0. The second-order valence-electron chi connectivity index (χ2n) is 4.79. The van der Waals surface area contributed by atoms with Gasteiger partial charge in [0.25, 0.3) is 0 Å². The van der Waals surface area contributed by atoms with Gasteiger partial charge in [-0.1, -0.05) is 23.2 Å². The Balaban J connectivity index is 2.31. The molecule has 1 aliphatic heterocycles. The second kappa shape index (κ2) is 6.52. The van der Waals surface area contributed by atoms with Crippen LogP contribution in [0, 0.1) is 0 Å². The van der Waals surface area contributed by atoms with Crippen molar-refractivity contribution in [1.29, 1.82) is 0 Å². The molecule has 0 radical (unpaired) electrons. The highest BCUT2D eigenvalue weighted by Gasteiger charge is 2.36. The number of benzene rings is 1. The smallest absolute Gasteiger partial charge is 0.314 e. The molecule has 1 fully saturated rings. The lowest BCUT2D eigenvalue weighted by Gasteiger charge is -2.36. The first-order valence-electron chi connectivity index (χ1n) is 6.33. The summed E-state index contributed by atoms with van der Waals surface area (Å²) in [7, 11) is 0. The van der Waals surface area contributed by atoms with Gasteiger partial charge in [-0.25, -0.2) is 0 Å². The number of piperazine rings is 1. The average Bonchev–Trinajstić information content (AvgIpc) is 2.39. The fourth-order valence-corrected chi connectivity index (χ4v) is 2.84. The fourth-order valence-electron chi connectivity index (χ4n) is 2.42. The van der Waals surface area contributed by atoms with Crippen LogP contribution >= 0.6 is 23.2 Å². The molecular formula is C13H15Cl2F3N2. The van der Waals surface area contributed by atoms with E-state index >= 15 is 0 Å². The summed E-state index contributed by atoms with van der Waals surface area (Å²) in [6.45, 7) is 2.46. The van der Waals surface area contributed by atoms with E-state index in [1.54, 1.807) is 12.1 Å². The normalized spacial score (nSPS) is 19.1. The minimum Gasteiger partial charge on any atom is -0.314 e. The van der Waals surface area contributed by atoms with Crippen molar-refractivity contribution in [2.75, 3.05) is 26.2 Å². The summed E-state index contributed by atoms with van der Waals surface area (Å²) >= 11 is 12.0. The van der Waals surface area contributed by atoms with Gasteiger partial charge in [0.15, 0.2) is 0 Å². The van der Waals surface area contributed by atoms with Crippen LogP contribution in [0.25, 0.3) is 0 Å². The lowest BCUT2D eigenvalue weighted by atomic mass is 10.0. The molecule has 112 valence electrons. The van der Waals surface area contributed by atoms with Crippen molar-refractivity contribution in [3.63, 3.8) is 0 Å². The van der Waals surface area contributed by atoms with Crippen molar-refractivity contribution in [3.05, 3.63) is 33.8 Å². The van der Waals surface area contributed by atoms with E-state index in [0.717, 1.165) is 0 Å². The van der Waals surface area contributed by atoms with Gasteiger partial charge in [-0.3, -0.25) is 4.90 Å². The highest BCUT2D eigenvalue weighted by molar-refractivity contribution is 6.33. The Kier molecular flexibility index (Phi) is 5.18. The third kappa shape index (κ3) is 4.25. The number of nitrogens with one attached hydrogen (secondary N) is 1. The Morgan fingerprint density at radius 3 is 2.45 bits per heavy atom. The van der Waals surface area contributed by atoms with Crippen LogP contribution in [0.15, 0.2) is 18.2 Å². The van der Waals surface area contributed by atoms with E-state index in [9.17, 15) is 13.2 Å². The molecule has 1 N–H and O–H groups in total. The lowest BCUT2D eigenvalue weighted by Crippen LogP contribution is -2.46. The predicted octanol–water partition coefficient (Wildman–Crippen LogP) is 3.89. The van der Waals surface area contributed by atoms with Gasteiger partial charge in [-0.2, -0.15) is 13.2 Å². The van der Waals surface area contributed by atoms with Crippen molar-refractivity contribution in [2.45, 2.75) is 18.6 Å². The molecule has 0 amide bonds. The Bertz CT molecular complexity index is 459. The van der Waals surface area contributed by atoms with Crippen LogP contribution in [-0.4, -0.2) is 37.3 Å². The first-order valence-corrected chi connectivity index (χ1v) is 7.09. The maximum absolute atomic E-state index is 12.9. The largest absolute Gasteiger partial charge is 0.390 e. The van der Waals surface area contributed by atoms with Gasteiger partial charge >= 0.3 is 6.18 Å². The summed E-state index contributed by atoms with van der Waals surface area (Å²) in [4.78, 5) is 1.81. The predicted molar refractivity (Wildman–Crippen MR) is 74.3 cm³/mol. The quantitative estimate of drug-likeness (QED) is 0.906. The van der Waals surface area contributed by atoms with E-state index in [1.165, 1.54) is 6.07 Å². The first kappa shape index (κ1) is 15.9. The minimum absolute atomic E-state index is 0.321. The van der Waals surface area contributed by atoms with Crippen molar-refractivity contribution >= 4 is 23.2 Å². The van der Waals surface area contributed by atoms with Gasteiger partial charge in [-0.15, -0.1) is 0 Å². The highest BCUT2D eigenvalue weighted by Crippen LogP contribution is 2.38. The van der Waals surface area contributed by atoms with E-state index < -0.39 is 18.6 Å². The van der Waals surface area contributed by atoms with Crippen LogP contribution in [0.1, 0.15) is 18.0 Å². The van der Waals surface area contributed by atoms with Gasteiger partial charge in [0.1, 0.15) is 0 Å². The number of alkyl halides is 3. The molecule has 1 saturated heterocycles. The standard InChI is InChI=1S/C13H15Cl2F3N2/c14-9-1-2-11(15)10(7-9)12(8-13(16,17)18)20-5-3-19-4-6-20/h1-2,7,12,19H,3-6,8H2/t12-/m0/s1. The minimum atomic E-state index is -4.25. The van der Waals surface area contributed by atoms with Crippen LogP contribution in [-0.2, 0) is 0 Å². The number of halogens is 5. The van der Waals surface area contributed by atoms with Crippen molar-refractivity contribution in [2.24, 2.45) is 0 Å². The molecule has 1 heterocycles. The van der Waals surface area contributed by atoms with Crippen molar-refractivity contribution < 1.29 is 13.2 Å². The molecule has 0 saturated carbocycles. The van der Waals surface area contributed by atoms with E-state index in [2.05, 4.69) is 5.32 Å². The average molecular weight is 327 g/mol. The molecule has 2 rings (SSSR count). The molecule has 7 heteroatoms. The van der Waals surface area contributed by atoms with Crippen LogP contribution in [0.4, 0.5) is 13.2 Å². The summed E-state index contributed by atoms with van der Waals surface area (Å²) in [6, 6.07) is 3.87. The third-order valence-corrected chi connectivity index (χ3v) is 3.91. The second-order valence-corrected chi connectivity index (χ2v) is 5.63. The molecule has 1 aromatic rings. The van der Waals surface area contributed by atoms with Gasteiger partial charge in [0.05, 0.1) is 6.42 Å². The van der Waals surface area contributed by atoms with Gasteiger partial charge in [-0.05, 0) is 23.8 Å². The summed E-state index contributed by atoms with van der Waals surface area (Å²) in [5.41, 5.74) is 0.443. The zero-order valence-electron chi connectivity index (χ0n) is 10.7. The lowest BCUT2D eigenvalue weighted by molar-refractivity contribution is -0.148. The number of rotatable bonds is 3. The summed E-state index contributed by atoms with van der Waals surface area (Å²) < 4.78 is 38.6. The summed E-state index contributed by atoms with van der Waals surface area (Å²) in [5, 5.41) is 3.84. The molecule has 1 atom stereocenters. The van der Waals surface area contributed by atoms with E-state index in [1.807, 2.05) is 4.90 Å². The molecule has 0 aromatic heterocycles. The molecule has 0 bridgehead atoms. The van der Waals surface area contributed by atoms with Gasteiger partial charge in [0.2, 0.25) is 0 Å². The Hall–Kier alpha value is -0.490. The van der Waals surface area contributed by atoms with Crippen LogP contribution in [0.5, 0.6) is 0 Å². The number of hydrogen-bond acceptors (Lipinski definition) is 2. The van der Waals surface area contributed by atoms with Gasteiger partial charge < -0.3 is 5.32 Å². The Morgan fingerprint density at radius 1 is 1.20 bits per heavy atom. The molecule has 0 unspecified atom stereocenters. The zero-order chi connectivity index (χ0) is 14.8.